The molecule has 3 aromatic rings. The number of hydrogen-bond acceptors (Lipinski definition) is 3. The number of nitrogens with one attached hydrogen (secondary N) is 1. The van der Waals surface area contributed by atoms with Crippen LogP contribution in [-0.4, -0.2) is 20.8 Å². The fraction of sp³-hybridized carbons (Fsp3) is 0.111. The van der Waals surface area contributed by atoms with Gasteiger partial charge in [-0.1, -0.05) is 12.1 Å². The van der Waals surface area contributed by atoms with Crippen molar-refractivity contribution in [1.29, 1.82) is 0 Å². The van der Waals surface area contributed by atoms with E-state index in [1.807, 2.05) is 6.92 Å². The zero-order valence-corrected chi connectivity index (χ0v) is 13.3. The summed E-state index contributed by atoms with van der Waals surface area (Å²) in [6.07, 6.45) is 2.65. The minimum atomic E-state index is -0.776. The van der Waals surface area contributed by atoms with Gasteiger partial charge in [-0.15, -0.1) is 0 Å². The van der Waals surface area contributed by atoms with Gasteiger partial charge in [-0.2, -0.15) is 5.10 Å². The number of aryl methyl sites for hydroxylation is 1. The summed E-state index contributed by atoms with van der Waals surface area (Å²) >= 11 is 0. The van der Waals surface area contributed by atoms with Gasteiger partial charge in [-0.3, -0.25) is 4.79 Å². The zero-order valence-electron chi connectivity index (χ0n) is 13.3. The molecule has 3 rings (SSSR count). The molecule has 0 saturated heterocycles. The third-order valence-electron chi connectivity index (χ3n) is 3.73. The number of anilines is 1. The number of aromatic nitrogens is 2. The molecule has 0 aliphatic heterocycles. The van der Waals surface area contributed by atoms with E-state index in [9.17, 15) is 18.7 Å². The molecule has 0 atom stereocenters. The van der Waals surface area contributed by atoms with Crippen LogP contribution in [-0.2, 0) is 6.61 Å². The van der Waals surface area contributed by atoms with Crippen LogP contribution in [0.4, 0.5) is 14.5 Å². The molecule has 2 N–H and O–H groups in total. The van der Waals surface area contributed by atoms with Crippen molar-refractivity contribution in [2.75, 3.05) is 5.32 Å². The Kier molecular flexibility index (Phi) is 4.58. The maximum Gasteiger partial charge on any atom is 0.258 e. The fourth-order valence-electron chi connectivity index (χ4n) is 2.34. The predicted molar refractivity (Wildman–Crippen MR) is 88.5 cm³/mol. The van der Waals surface area contributed by atoms with Gasteiger partial charge < -0.3 is 10.4 Å². The lowest BCUT2D eigenvalue weighted by Crippen LogP contribution is -2.12. The summed E-state index contributed by atoms with van der Waals surface area (Å²) in [5.74, 6) is -1.89. The van der Waals surface area contributed by atoms with Crippen molar-refractivity contribution >= 4 is 11.6 Å². The predicted octanol–water partition coefficient (Wildman–Crippen LogP) is 3.20. The average Bonchev–Trinajstić information content (AvgIpc) is 3.06. The van der Waals surface area contributed by atoms with Crippen molar-refractivity contribution in [1.82, 2.24) is 9.78 Å². The highest BCUT2D eigenvalue weighted by atomic mass is 19.1. The van der Waals surface area contributed by atoms with E-state index in [2.05, 4.69) is 10.4 Å². The van der Waals surface area contributed by atoms with Crippen molar-refractivity contribution in [2.24, 2.45) is 0 Å². The lowest BCUT2D eigenvalue weighted by atomic mass is 10.1. The number of rotatable bonds is 4. The quantitative estimate of drug-likeness (QED) is 0.764. The van der Waals surface area contributed by atoms with Gasteiger partial charge in [0.05, 0.1) is 18.4 Å². The Morgan fingerprint density at radius 3 is 2.76 bits per heavy atom. The molecule has 0 aliphatic carbocycles. The first-order valence-electron chi connectivity index (χ1n) is 7.50. The van der Waals surface area contributed by atoms with Gasteiger partial charge >= 0.3 is 0 Å². The van der Waals surface area contributed by atoms with E-state index < -0.39 is 17.5 Å². The Labute approximate surface area is 142 Å². The van der Waals surface area contributed by atoms with Gasteiger partial charge in [0.25, 0.3) is 5.91 Å². The molecule has 0 aliphatic rings. The first-order chi connectivity index (χ1) is 12.0. The third kappa shape index (κ3) is 3.56. The van der Waals surface area contributed by atoms with Gasteiger partial charge in [0, 0.05) is 18.0 Å². The summed E-state index contributed by atoms with van der Waals surface area (Å²) in [6.45, 7) is 1.69. The van der Waals surface area contributed by atoms with Crippen LogP contribution in [0.3, 0.4) is 0 Å². The minimum Gasteiger partial charge on any atom is -0.392 e. The Hall–Kier alpha value is -3.06. The Balaban J connectivity index is 1.84. The molecule has 25 heavy (non-hydrogen) atoms. The van der Waals surface area contributed by atoms with Crippen LogP contribution in [0.15, 0.2) is 48.8 Å². The molecule has 0 saturated carbocycles. The maximum atomic E-state index is 13.8. The van der Waals surface area contributed by atoms with E-state index in [1.54, 1.807) is 18.2 Å². The zero-order chi connectivity index (χ0) is 18.0. The van der Waals surface area contributed by atoms with E-state index in [0.29, 0.717) is 11.3 Å². The molecule has 5 nitrogen and oxygen atoms in total. The molecule has 0 fully saturated rings. The first-order valence-corrected chi connectivity index (χ1v) is 7.50. The highest BCUT2D eigenvalue weighted by Gasteiger charge is 2.13. The van der Waals surface area contributed by atoms with Crippen LogP contribution in [0.1, 0.15) is 21.5 Å². The summed E-state index contributed by atoms with van der Waals surface area (Å²) in [5.41, 5.74) is 2.33. The monoisotopic (exact) mass is 343 g/mol. The number of halogens is 2. The molecule has 0 unspecified atom stereocenters. The minimum absolute atomic E-state index is 0.0407. The van der Waals surface area contributed by atoms with E-state index in [4.69, 9.17) is 0 Å². The Bertz CT molecular complexity index is 938. The summed E-state index contributed by atoms with van der Waals surface area (Å²) in [4.78, 5) is 12.4. The molecule has 0 radical (unpaired) electrons. The Morgan fingerprint density at radius 2 is 2.04 bits per heavy atom. The highest BCUT2D eigenvalue weighted by molar-refractivity contribution is 6.04. The van der Waals surface area contributed by atoms with Gasteiger partial charge in [-0.25, -0.2) is 13.5 Å². The van der Waals surface area contributed by atoms with Crippen molar-refractivity contribution < 1.29 is 18.7 Å². The highest BCUT2D eigenvalue weighted by Crippen LogP contribution is 2.19. The van der Waals surface area contributed by atoms with Crippen molar-refractivity contribution in [3.63, 3.8) is 0 Å². The number of benzene rings is 2. The van der Waals surface area contributed by atoms with E-state index >= 15 is 0 Å². The molecule has 2 aromatic carbocycles. The smallest absolute Gasteiger partial charge is 0.258 e. The Morgan fingerprint density at radius 1 is 1.24 bits per heavy atom. The van der Waals surface area contributed by atoms with Crippen molar-refractivity contribution in [3.05, 3.63) is 77.1 Å². The van der Waals surface area contributed by atoms with Crippen LogP contribution < -0.4 is 5.32 Å². The van der Waals surface area contributed by atoms with Crippen molar-refractivity contribution in [3.8, 4) is 5.69 Å². The average molecular weight is 343 g/mol. The molecule has 1 amide bonds. The van der Waals surface area contributed by atoms with Crippen molar-refractivity contribution in [2.45, 2.75) is 13.5 Å². The largest absolute Gasteiger partial charge is 0.392 e. The number of aliphatic hydroxyl groups excluding tert-OH is 1. The van der Waals surface area contributed by atoms with Gasteiger partial charge in [0.2, 0.25) is 0 Å². The molecule has 0 spiro atoms. The van der Waals surface area contributed by atoms with Gasteiger partial charge in [-0.05, 0) is 36.2 Å². The van der Waals surface area contributed by atoms with Crippen LogP contribution >= 0.6 is 0 Å². The summed E-state index contributed by atoms with van der Waals surface area (Å²) in [5, 5.41) is 15.9. The van der Waals surface area contributed by atoms with E-state index in [-0.39, 0.29) is 17.9 Å². The standard InChI is InChI=1S/C18H15F2N3O2/c1-11-2-3-12(10-24)6-16(11)22-18(25)13-8-21-23(9-13)17-5-4-14(19)7-15(17)20/h2-9,24H,10H2,1H3,(H,22,25). The molecule has 128 valence electrons. The maximum absolute atomic E-state index is 13.8. The van der Waals surface area contributed by atoms with E-state index in [1.165, 1.54) is 23.1 Å². The number of nitrogens with zero attached hydrogens (tertiary/aromatic N) is 2. The summed E-state index contributed by atoms with van der Waals surface area (Å²) in [6, 6.07) is 8.34. The second-order valence-corrected chi connectivity index (χ2v) is 5.53. The second kappa shape index (κ2) is 6.82. The number of aliphatic hydroxyl groups is 1. The SMILES string of the molecule is Cc1ccc(CO)cc1NC(=O)c1cnn(-c2ccc(F)cc2F)c1. The molecule has 1 heterocycles. The summed E-state index contributed by atoms with van der Waals surface area (Å²) < 4.78 is 28.0. The van der Waals surface area contributed by atoms with Crippen LogP contribution in [0.2, 0.25) is 0 Å². The van der Waals surface area contributed by atoms with Crippen LogP contribution in [0.5, 0.6) is 0 Å². The normalized spacial score (nSPS) is 10.7. The van der Waals surface area contributed by atoms with Gasteiger partial charge in [0.15, 0.2) is 5.82 Å². The molecule has 1 aromatic heterocycles. The fourth-order valence-corrected chi connectivity index (χ4v) is 2.34. The number of amides is 1. The third-order valence-corrected chi connectivity index (χ3v) is 3.73. The van der Waals surface area contributed by atoms with Crippen LogP contribution in [0, 0.1) is 18.6 Å². The topological polar surface area (TPSA) is 67.2 Å². The first kappa shape index (κ1) is 16.8. The van der Waals surface area contributed by atoms with E-state index in [0.717, 1.165) is 17.7 Å². The molecular formula is C18H15F2N3O2. The molecule has 0 bridgehead atoms. The lowest BCUT2D eigenvalue weighted by Gasteiger charge is -2.09. The second-order valence-electron chi connectivity index (χ2n) is 5.53. The number of carbonyl (C=O) groups is 1. The number of hydrogen-bond donors (Lipinski definition) is 2. The molecular weight excluding hydrogens is 328 g/mol. The van der Waals surface area contributed by atoms with Crippen LogP contribution in [0.25, 0.3) is 5.69 Å². The lowest BCUT2D eigenvalue weighted by molar-refractivity contribution is 0.102. The number of carbonyl (C=O) groups excluding carboxylic acids is 1. The molecule has 7 heteroatoms. The summed E-state index contributed by atoms with van der Waals surface area (Å²) in [7, 11) is 0. The van der Waals surface area contributed by atoms with Gasteiger partial charge in [0.1, 0.15) is 11.5 Å².